The second kappa shape index (κ2) is 5.75. The van der Waals surface area contributed by atoms with Gasteiger partial charge in [-0.05, 0) is 12.1 Å². The second-order valence-electron chi connectivity index (χ2n) is 1.53. The summed E-state index contributed by atoms with van der Waals surface area (Å²) < 4.78 is 14.7. The summed E-state index contributed by atoms with van der Waals surface area (Å²) in [6.45, 7) is 0. The molecule has 0 N–H and O–H groups in total. The van der Waals surface area contributed by atoms with Gasteiger partial charge in [-0.3, -0.25) is 4.57 Å². The van der Waals surface area contributed by atoms with Crippen LogP contribution in [0.2, 0.25) is 0 Å². The molecule has 1 radical (unpaired) electrons. The van der Waals surface area contributed by atoms with Crippen LogP contribution in [0.5, 0.6) is 5.75 Å². The molecule has 2 nitrogen and oxygen atoms in total. The molecule has 1 aromatic carbocycles. The molecule has 1 rings (SSSR count). The maximum atomic E-state index is 9.96. The molecule has 59 valence electrons. The summed E-state index contributed by atoms with van der Waals surface area (Å²) in [6, 6.07) is 9.09. The first kappa shape index (κ1) is 9.99. The molecule has 0 aliphatic carbocycles. The molecule has 1 unspecified atom stereocenters. The molecule has 0 aliphatic rings. The molecule has 0 saturated carbocycles. The minimum absolute atomic E-state index is 0. The van der Waals surface area contributed by atoms with E-state index in [-0.39, 0.29) is 22.4 Å². The van der Waals surface area contributed by atoms with Crippen LogP contribution in [0, 0.1) is 0 Å². The molecule has 0 amide bonds. The number of hydrogen-bond donors (Lipinski definition) is 0. The predicted molar refractivity (Wildman–Crippen MR) is 37.5 cm³/mol. The van der Waals surface area contributed by atoms with Crippen molar-refractivity contribution in [1.82, 2.24) is 0 Å². The molecule has 10 heavy (non-hydrogen) atoms. The first-order valence-corrected chi connectivity index (χ1v) is 3.53. The normalized spacial score (nSPS) is 9.20. The zero-order chi connectivity index (χ0) is 6.53. The van der Waals surface area contributed by atoms with Crippen molar-refractivity contribution in [2.45, 2.75) is 0 Å². The first-order chi connectivity index (χ1) is 4.43. The third-order valence-electron chi connectivity index (χ3n) is 0.927. The molecule has 1 atom stereocenters. The van der Waals surface area contributed by atoms with Crippen molar-refractivity contribution >= 4 is 8.69 Å². The van der Waals surface area contributed by atoms with Crippen LogP contribution in [0.3, 0.4) is 0 Å². The van der Waals surface area contributed by atoms with Gasteiger partial charge in [-0.1, -0.05) is 18.2 Å². The SMILES string of the molecule is O=[PH2]Oc1ccccc1.[Ag]. The van der Waals surface area contributed by atoms with Crippen molar-refractivity contribution in [3.8, 4) is 5.75 Å². The van der Waals surface area contributed by atoms with Crippen LogP contribution in [0.1, 0.15) is 0 Å². The molecule has 0 bridgehead atoms. The van der Waals surface area contributed by atoms with Gasteiger partial charge in [0.25, 0.3) is 0 Å². The van der Waals surface area contributed by atoms with Crippen molar-refractivity contribution in [3.63, 3.8) is 0 Å². The Balaban J connectivity index is 0.000000810. The van der Waals surface area contributed by atoms with Gasteiger partial charge >= 0.3 is 0 Å². The van der Waals surface area contributed by atoms with Gasteiger partial charge in [0.05, 0.1) is 0 Å². The summed E-state index contributed by atoms with van der Waals surface area (Å²) in [5.74, 6) is 0.669. The van der Waals surface area contributed by atoms with E-state index in [4.69, 9.17) is 4.52 Å². The van der Waals surface area contributed by atoms with Crippen molar-refractivity contribution in [1.29, 1.82) is 0 Å². The van der Waals surface area contributed by atoms with E-state index in [2.05, 4.69) is 0 Å². The van der Waals surface area contributed by atoms with Gasteiger partial charge in [0.1, 0.15) is 5.75 Å². The Morgan fingerprint density at radius 1 is 1.20 bits per heavy atom. The van der Waals surface area contributed by atoms with Crippen LogP contribution < -0.4 is 4.52 Å². The Hall–Kier alpha value is -0.00974. The molecular weight excluding hydrogens is 243 g/mol. The molecule has 1 aromatic rings. The zero-order valence-electron chi connectivity index (χ0n) is 5.08. The van der Waals surface area contributed by atoms with E-state index in [1.165, 1.54) is 0 Å². The number of rotatable bonds is 2. The van der Waals surface area contributed by atoms with Crippen LogP contribution in [0.25, 0.3) is 0 Å². The Bertz CT molecular complexity index is 190. The van der Waals surface area contributed by atoms with E-state index in [0.717, 1.165) is 0 Å². The number of hydrogen-bond acceptors (Lipinski definition) is 2. The van der Waals surface area contributed by atoms with Crippen molar-refractivity contribution in [2.24, 2.45) is 0 Å². The quantitative estimate of drug-likeness (QED) is 0.590. The first-order valence-electron chi connectivity index (χ1n) is 2.59. The Morgan fingerprint density at radius 3 is 2.30 bits per heavy atom. The van der Waals surface area contributed by atoms with Gasteiger partial charge < -0.3 is 4.52 Å². The third kappa shape index (κ3) is 3.23. The molecular formula is C6H7AgO2P. The van der Waals surface area contributed by atoms with E-state index in [9.17, 15) is 4.57 Å². The molecule has 4 heteroatoms. The maximum absolute atomic E-state index is 9.96. The van der Waals surface area contributed by atoms with Crippen LogP contribution in [0.4, 0.5) is 0 Å². The summed E-state index contributed by atoms with van der Waals surface area (Å²) in [6.07, 6.45) is 0. The Labute approximate surface area is 76.4 Å². The number of para-hydroxylation sites is 1. The molecule has 0 aromatic heterocycles. The van der Waals surface area contributed by atoms with Gasteiger partial charge in [-0.25, -0.2) is 0 Å². The molecule has 0 saturated heterocycles. The molecule has 0 heterocycles. The monoisotopic (exact) mass is 249 g/mol. The summed E-state index contributed by atoms with van der Waals surface area (Å²) in [7, 11) is -1.12. The van der Waals surface area contributed by atoms with E-state index in [0.29, 0.717) is 5.75 Å². The summed E-state index contributed by atoms with van der Waals surface area (Å²) >= 11 is 0. The summed E-state index contributed by atoms with van der Waals surface area (Å²) in [4.78, 5) is 0. The van der Waals surface area contributed by atoms with Gasteiger partial charge in [0, 0.05) is 22.4 Å². The minimum atomic E-state index is -1.12. The zero-order valence-corrected chi connectivity index (χ0v) is 7.72. The smallest absolute Gasteiger partial charge is 0.225 e. The minimum Gasteiger partial charge on any atom is -0.447 e. The average Bonchev–Trinajstić information content (AvgIpc) is 1.91. The third-order valence-corrected chi connectivity index (χ3v) is 1.30. The molecule has 0 aliphatic heterocycles. The van der Waals surface area contributed by atoms with Crippen LogP contribution in [-0.4, -0.2) is 0 Å². The largest absolute Gasteiger partial charge is 0.447 e. The fourth-order valence-electron chi connectivity index (χ4n) is 0.555. The molecule has 0 spiro atoms. The van der Waals surface area contributed by atoms with Crippen LogP contribution in [0.15, 0.2) is 30.3 Å². The van der Waals surface area contributed by atoms with E-state index >= 15 is 0 Å². The fourth-order valence-corrected chi connectivity index (χ4v) is 0.823. The van der Waals surface area contributed by atoms with Crippen molar-refractivity contribution < 1.29 is 31.5 Å². The van der Waals surface area contributed by atoms with E-state index in [1.54, 1.807) is 12.1 Å². The van der Waals surface area contributed by atoms with Gasteiger partial charge in [0.15, 0.2) is 0 Å². The maximum Gasteiger partial charge on any atom is 0.225 e. The van der Waals surface area contributed by atoms with E-state index < -0.39 is 8.69 Å². The van der Waals surface area contributed by atoms with Crippen LogP contribution in [-0.2, 0) is 26.9 Å². The van der Waals surface area contributed by atoms with Gasteiger partial charge in [-0.2, -0.15) is 0 Å². The fraction of sp³-hybridized carbons (Fsp3) is 0. The summed E-state index contributed by atoms with van der Waals surface area (Å²) in [5, 5.41) is 0. The topological polar surface area (TPSA) is 26.3 Å². The summed E-state index contributed by atoms with van der Waals surface area (Å²) in [5.41, 5.74) is 0. The predicted octanol–water partition coefficient (Wildman–Crippen LogP) is 1.73. The second-order valence-corrected chi connectivity index (χ2v) is 1.96. The number of benzene rings is 1. The van der Waals surface area contributed by atoms with Crippen molar-refractivity contribution in [2.75, 3.05) is 0 Å². The van der Waals surface area contributed by atoms with Crippen molar-refractivity contribution in [3.05, 3.63) is 30.3 Å². The molecule has 0 fully saturated rings. The Kier molecular flexibility index (Phi) is 5.75. The standard InChI is InChI=1S/C6H7O2P.Ag/c7-9-8-6-4-2-1-3-5-6;/h1-5H,9H2;. The van der Waals surface area contributed by atoms with Gasteiger partial charge in [-0.15, -0.1) is 0 Å². The van der Waals surface area contributed by atoms with Gasteiger partial charge in [0.2, 0.25) is 8.69 Å². The van der Waals surface area contributed by atoms with E-state index in [1.807, 2.05) is 18.2 Å². The van der Waals surface area contributed by atoms with Crippen LogP contribution >= 0.6 is 8.69 Å². The average molecular weight is 250 g/mol. The Morgan fingerprint density at radius 2 is 1.80 bits per heavy atom.